The highest BCUT2D eigenvalue weighted by Gasteiger charge is 2.25. The zero-order chi connectivity index (χ0) is 12.2. The van der Waals surface area contributed by atoms with Gasteiger partial charge >= 0.3 is 0 Å². The Kier molecular flexibility index (Phi) is 4.01. The molecule has 3 N–H and O–H groups in total. The second-order valence-corrected chi connectivity index (χ2v) is 4.84. The molecule has 0 saturated carbocycles. The quantitative estimate of drug-likeness (QED) is 0.805. The number of carbonyl (C=O) groups is 1. The number of nitrogens with one attached hydrogen (secondary N) is 1. The Morgan fingerprint density at radius 3 is 2.62 bits per heavy atom. The van der Waals surface area contributed by atoms with Crippen molar-refractivity contribution in [2.75, 3.05) is 6.54 Å². The Labute approximate surface area is 96.3 Å². The van der Waals surface area contributed by atoms with E-state index in [2.05, 4.69) is 10.3 Å². The van der Waals surface area contributed by atoms with Crippen LogP contribution in [0.1, 0.15) is 31.3 Å². The molecule has 1 amide bonds. The Hall–Kier alpha value is -1.42. The number of aromatic nitrogens is 1. The molecule has 0 saturated heterocycles. The maximum atomic E-state index is 11.8. The molecule has 1 aromatic heterocycles. The van der Waals surface area contributed by atoms with Gasteiger partial charge in [0, 0.05) is 18.8 Å². The van der Waals surface area contributed by atoms with Crippen LogP contribution >= 0.6 is 0 Å². The Balaban J connectivity index is 2.71. The van der Waals surface area contributed by atoms with Crippen molar-refractivity contribution in [3.05, 3.63) is 30.1 Å². The third-order valence-corrected chi connectivity index (χ3v) is 2.48. The molecule has 1 aromatic rings. The zero-order valence-electron chi connectivity index (χ0n) is 10.0. The summed E-state index contributed by atoms with van der Waals surface area (Å²) in [7, 11) is 0. The van der Waals surface area contributed by atoms with Crippen molar-refractivity contribution >= 4 is 5.91 Å². The number of carbonyl (C=O) groups excluding carboxylic acids is 1. The normalized spacial score (nSPS) is 13.2. The van der Waals surface area contributed by atoms with E-state index in [1.54, 1.807) is 24.4 Å². The molecular formula is C12H19N3O. The zero-order valence-corrected chi connectivity index (χ0v) is 10.0. The lowest BCUT2D eigenvalue weighted by molar-refractivity contribution is 0.0900. The van der Waals surface area contributed by atoms with Crippen molar-refractivity contribution in [1.82, 2.24) is 10.3 Å². The Morgan fingerprint density at radius 1 is 1.50 bits per heavy atom. The molecule has 0 bridgehead atoms. The number of nitrogens with zero attached hydrogens (tertiary/aromatic N) is 1. The van der Waals surface area contributed by atoms with E-state index in [1.807, 2.05) is 20.8 Å². The van der Waals surface area contributed by atoms with E-state index in [9.17, 15) is 4.79 Å². The summed E-state index contributed by atoms with van der Waals surface area (Å²) in [5.74, 6) is -0.175. The third-order valence-electron chi connectivity index (χ3n) is 2.48. The molecule has 1 heterocycles. The van der Waals surface area contributed by atoms with Crippen LogP contribution in [0.2, 0.25) is 0 Å². The van der Waals surface area contributed by atoms with Gasteiger partial charge in [0.25, 0.3) is 5.91 Å². The van der Waals surface area contributed by atoms with Crippen LogP contribution in [-0.2, 0) is 0 Å². The fourth-order valence-corrected chi connectivity index (χ4v) is 1.36. The first-order valence-electron chi connectivity index (χ1n) is 5.37. The molecule has 0 radical (unpaired) electrons. The van der Waals surface area contributed by atoms with Gasteiger partial charge in [-0.25, -0.2) is 0 Å². The summed E-state index contributed by atoms with van der Waals surface area (Å²) < 4.78 is 0. The summed E-state index contributed by atoms with van der Waals surface area (Å²) in [6.07, 6.45) is 1.60. The van der Waals surface area contributed by atoms with Gasteiger partial charge in [0.15, 0.2) is 0 Å². The van der Waals surface area contributed by atoms with E-state index < -0.39 is 0 Å². The SMILES string of the molecule is CC(C)(C)C(CN)NC(=O)c1ccccn1. The van der Waals surface area contributed by atoms with Crippen LogP contribution < -0.4 is 11.1 Å². The van der Waals surface area contributed by atoms with Gasteiger partial charge in [-0.3, -0.25) is 9.78 Å². The molecule has 1 atom stereocenters. The molecule has 0 aliphatic carbocycles. The average Bonchev–Trinajstić information content (AvgIpc) is 2.25. The second kappa shape index (κ2) is 5.07. The maximum Gasteiger partial charge on any atom is 0.270 e. The fraction of sp³-hybridized carbons (Fsp3) is 0.500. The summed E-state index contributed by atoms with van der Waals surface area (Å²) in [4.78, 5) is 15.8. The van der Waals surface area contributed by atoms with Gasteiger partial charge < -0.3 is 11.1 Å². The molecular weight excluding hydrogens is 202 g/mol. The van der Waals surface area contributed by atoms with Gasteiger partial charge in [-0.1, -0.05) is 26.8 Å². The number of rotatable bonds is 3. The molecule has 4 nitrogen and oxygen atoms in total. The summed E-state index contributed by atoms with van der Waals surface area (Å²) in [5.41, 5.74) is 6.02. The van der Waals surface area contributed by atoms with Gasteiger partial charge in [0.1, 0.15) is 5.69 Å². The predicted molar refractivity (Wildman–Crippen MR) is 64.0 cm³/mol. The highest BCUT2D eigenvalue weighted by atomic mass is 16.1. The topological polar surface area (TPSA) is 68.0 Å². The standard InChI is InChI=1S/C12H19N3O/c1-12(2,3)10(8-13)15-11(16)9-6-4-5-7-14-9/h4-7,10H,8,13H2,1-3H3,(H,15,16). The summed E-state index contributed by atoms with van der Waals surface area (Å²) in [6.45, 7) is 6.55. The molecule has 1 rings (SSSR count). The predicted octanol–water partition coefficient (Wildman–Crippen LogP) is 1.18. The summed E-state index contributed by atoms with van der Waals surface area (Å²) in [6, 6.07) is 5.20. The summed E-state index contributed by atoms with van der Waals surface area (Å²) in [5, 5.41) is 2.90. The first-order chi connectivity index (χ1) is 7.45. The average molecular weight is 221 g/mol. The van der Waals surface area contributed by atoms with Crippen LogP contribution in [0.15, 0.2) is 24.4 Å². The number of pyridine rings is 1. The lowest BCUT2D eigenvalue weighted by atomic mass is 9.86. The second-order valence-electron chi connectivity index (χ2n) is 4.84. The van der Waals surface area contributed by atoms with Crippen molar-refractivity contribution in [3.63, 3.8) is 0 Å². The van der Waals surface area contributed by atoms with Crippen LogP contribution in [0.5, 0.6) is 0 Å². The van der Waals surface area contributed by atoms with Gasteiger partial charge in [-0.15, -0.1) is 0 Å². The van der Waals surface area contributed by atoms with Crippen LogP contribution in [0.3, 0.4) is 0 Å². The van der Waals surface area contributed by atoms with Crippen LogP contribution in [0, 0.1) is 5.41 Å². The number of amides is 1. The first-order valence-corrected chi connectivity index (χ1v) is 5.37. The Morgan fingerprint density at radius 2 is 2.19 bits per heavy atom. The van der Waals surface area contributed by atoms with Crippen molar-refractivity contribution in [1.29, 1.82) is 0 Å². The summed E-state index contributed by atoms with van der Waals surface area (Å²) >= 11 is 0. The smallest absolute Gasteiger partial charge is 0.270 e. The monoisotopic (exact) mass is 221 g/mol. The largest absolute Gasteiger partial charge is 0.346 e. The number of nitrogens with two attached hydrogens (primary N) is 1. The molecule has 0 aliphatic rings. The van der Waals surface area contributed by atoms with E-state index in [4.69, 9.17) is 5.73 Å². The van der Waals surface area contributed by atoms with Crippen molar-refractivity contribution in [3.8, 4) is 0 Å². The van der Waals surface area contributed by atoms with Crippen LogP contribution in [0.25, 0.3) is 0 Å². The van der Waals surface area contributed by atoms with E-state index in [-0.39, 0.29) is 17.4 Å². The minimum absolute atomic E-state index is 0.0537. The van der Waals surface area contributed by atoms with Crippen LogP contribution in [-0.4, -0.2) is 23.5 Å². The molecule has 4 heteroatoms. The minimum Gasteiger partial charge on any atom is -0.346 e. The van der Waals surface area contributed by atoms with E-state index in [1.165, 1.54) is 0 Å². The maximum absolute atomic E-state index is 11.8. The number of hydrogen-bond donors (Lipinski definition) is 2. The van der Waals surface area contributed by atoms with Gasteiger partial charge in [0.2, 0.25) is 0 Å². The van der Waals surface area contributed by atoms with E-state index >= 15 is 0 Å². The minimum atomic E-state index is -0.175. The van der Waals surface area contributed by atoms with Crippen molar-refractivity contribution in [2.24, 2.45) is 11.1 Å². The van der Waals surface area contributed by atoms with Gasteiger partial charge in [-0.05, 0) is 17.5 Å². The Bertz CT molecular complexity index is 343. The van der Waals surface area contributed by atoms with E-state index in [0.717, 1.165) is 0 Å². The van der Waals surface area contributed by atoms with Gasteiger partial charge in [-0.2, -0.15) is 0 Å². The molecule has 0 spiro atoms. The highest BCUT2D eigenvalue weighted by Crippen LogP contribution is 2.18. The lowest BCUT2D eigenvalue weighted by Crippen LogP contribution is -2.48. The lowest BCUT2D eigenvalue weighted by Gasteiger charge is -2.30. The third kappa shape index (κ3) is 3.31. The molecule has 1 unspecified atom stereocenters. The molecule has 88 valence electrons. The van der Waals surface area contributed by atoms with E-state index in [0.29, 0.717) is 12.2 Å². The number of hydrogen-bond acceptors (Lipinski definition) is 3. The molecule has 16 heavy (non-hydrogen) atoms. The first kappa shape index (κ1) is 12.6. The van der Waals surface area contributed by atoms with Crippen molar-refractivity contribution < 1.29 is 4.79 Å². The fourth-order valence-electron chi connectivity index (χ4n) is 1.36. The molecule has 0 aromatic carbocycles. The molecule has 0 aliphatic heterocycles. The highest BCUT2D eigenvalue weighted by molar-refractivity contribution is 5.92. The molecule has 0 fully saturated rings. The van der Waals surface area contributed by atoms with Gasteiger partial charge in [0.05, 0.1) is 0 Å². The van der Waals surface area contributed by atoms with Crippen molar-refractivity contribution in [2.45, 2.75) is 26.8 Å². The van der Waals surface area contributed by atoms with Crippen LogP contribution in [0.4, 0.5) is 0 Å².